The standard InChI is InChI=1S/C14H15F3N2O/c15-14(16,17)10-7-3-6-9-11(8-4-1-2-5-8)18-13(20)19-12(9)10/h3,6-8,11H,1-2,4-5H2,(H2,18,19,20). The molecule has 1 heterocycles. The molecule has 0 saturated heterocycles. The van der Waals surface area contributed by atoms with E-state index in [1.807, 2.05) is 0 Å². The van der Waals surface area contributed by atoms with Crippen molar-refractivity contribution >= 4 is 11.7 Å². The van der Waals surface area contributed by atoms with Gasteiger partial charge in [0.2, 0.25) is 0 Å². The number of carbonyl (C=O) groups is 1. The van der Waals surface area contributed by atoms with Crippen LogP contribution in [0.1, 0.15) is 42.9 Å². The number of alkyl halides is 3. The van der Waals surface area contributed by atoms with E-state index in [1.54, 1.807) is 6.07 Å². The largest absolute Gasteiger partial charge is 0.418 e. The van der Waals surface area contributed by atoms with Gasteiger partial charge in [0.05, 0.1) is 17.3 Å². The number of hydrogen-bond donors (Lipinski definition) is 2. The summed E-state index contributed by atoms with van der Waals surface area (Å²) in [4.78, 5) is 11.7. The third-order valence-corrected chi connectivity index (χ3v) is 4.13. The van der Waals surface area contributed by atoms with Crippen molar-refractivity contribution in [2.75, 3.05) is 5.32 Å². The molecule has 0 radical (unpaired) electrons. The number of nitrogens with one attached hydrogen (secondary N) is 2. The van der Waals surface area contributed by atoms with Crippen molar-refractivity contribution in [3.8, 4) is 0 Å². The van der Waals surface area contributed by atoms with Crippen LogP contribution in [0.3, 0.4) is 0 Å². The van der Waals surface area contributed by atoms with Gasteiger partial charge < -0.3 is 10.6 Å². The van der Waals surface area contributed by atoms with Crippen LogP contribution in [-0.4, -0.2) is 6.03 Å². The third-order valence-electron chi connectivity index (χ3n) is 4.13. The highest BCUT2D eigenvalue weighted by molar-refractivity contribution is 5.94. The second-order valence-electron chi connectivity index (χ2n) is 5.39. The van der Waals surface area contributed by atoms with Crippen LogP contribution in [-0.2, 0) is 6.18 Å². The van der Waals surface area contributed by atoms with E-state index in [0.717, 1.165) is 31.7 Å². The van der Waals surface area contributed by atoms with Crippen LogP contribution in [0, 0.1) is 5.92 Å². The van der Waals surface area contributed by atoms with Crippen molar-refractivity contribution in [1.29, 1.82) is 0 Å². The summed E-state index contributed by atoms with van der Waals surface area (Å²) in [6.45, 7) is 0. The fourth-order valence-corrected chi connectivity index (χ4v) is 3.24. The summed E-state index contributed by atoms with van der Waals surface area (Å²) in [5.41, 5.74) is -0.306. The molecule has 2 N–H and O–H groups in total. The van der Waals surface area contributed by atoms with E-state index in [2.05, 4.69) is 10.6 Å². The van der Waals surface area contributed by atoms with E-state index in [9.17, 15) is 18.0 Å². The summed E-state index contributed by atoms with van der Waals surface area (Å²) in [6, 6.07) is 3.22. The van der Waals surface area contributed by atoms with E-state index >= 15 is 0 Å². The number of benzene rings is 1. The number of fused-ring (bicyclic) bond motifs is 1. The Kier molecular flexibility index (Phi) is 3.11. The Labute approximate surface area is 114 Å². The van der Waals surface area contributed by atoms with Crippen LogP contribution in [0.2, 0.25) is 0 Å². The summed E-state index contributed by atoms with van der Waals surface area (Å²) in [5, 5.41) is 5.09. The Morgan fingerprint density at radius 1 is 1.15 bits per heavy atom. The fourth-order valence-electron chi connectivity index (χ4n) is 3.24. The maximum Gasteiger partial charge on any atom is 0.418 e. The molecule has 3 nitrogen and oxygen atoms in total. The predicted molar refractivity (Wildman–Crippen MR) is 68.3 cm³/mol. The van der Waals surface area contributed by atoms with E-state index in [0.29, 0.717) is 5.56 Å². The van der Waals surface area contributed by atoms with Gasteiger partial charge in [0, 0.05) is 0 Å². The molecule has 108 valence electrons. The van der Waals surface area contributed by atoms with Crippen LogP contribution in [0.5, 0.6) is 0 Å². The lowest BCUT2D eigenvalue weighted by Crippen LogP contribution is -2.41. The van der Waals surface area contributed by atoms with E-state index in [1.165, 1.54) is 6.07 Å². The molecule has 1 fully saturated rings. The van der Waals surface area contributed by atoms with Crippen LogP contribution in [0.15, 0.2) is 18.2 Å². The molecule has 0 spiro atoms. The van der Waals surface area contributed by atoms with Gasteiger partial charge in [-0.15, -0.1) is 0 Å². The van der Waals surface area contributed by atoms with Crippen molar-refractivity contribution in [2.24, 2.45) is 5.92 Å². The molecule has 2 aliphatic rings. The predicted octanol–water partition coefficient (Wildman–Crippen LogP) is 4.07. The van der Waals surface area contributed by atoms with Gasteiger partial charge in [-0.1, -0.05) is 25.0 Å². The molecule has 1 atom stereocenters. The second-order valence-corrected chi connectivity index (χ2v) is 5.39. The average molecular weight is 284 g/mol. The van der Waals surface area contributed by atoms with Crippen molar-refractivity contribution < 1.29 is 18.0 Å². The Bertz CT molecular complexity index is 536. The molecular weight excluding hydrogens is 269 g/mol. The van der Waals surface area contributed by atoms with Crippen LogP contribution < -0.4 is 10.6 Å². The molecule has 1 saturated carbocycles. The smallest absolute Gasteiger partial charge is 0.331 e. The maximum absolute atomic E-state index is 13.0. The highest BCUT2D eigenvalue weighted by Gasteiger charge is 2.39. The fraction of sp³-hybridized carbons (Fsp3) is 0.500. The third kappa shape index (κ3) is 2.23. The van der Waals surface area contributed by atoms with Gasteiger partial charge in [0.15, 0.2) is 0 Å². The Hall–Kier alpha value is -1.72. The Balaban J connectivity index is 2.06. The minimum absolute atomic E-state index is 0.0827. The molecule has 0 bridgehead atoms. The van der Waals surface area contributed by atoms with Gasteiger partial charge in [-0.25, -0.2) is 4.79 Å². The van der Waals surface area contributed by atoms with Gasteiger partial charge in [-0.3, -0.25) is 0 Å². The number of urea groups is 1. The molecule has 1 unspecified atom stereocenters. The first-order valence-electron chi connectivity index (χ1n) is 6.74. The number of anilines is 1. The van der Waals surface area contributed by atoms with Crippen molar-refractivity contribution in [3.63, 3.8) is 0 Å². The first-order valence-corrected chi connectivity index (χ1v) is 6.74. The molecule has 20 heavy (non-hydrogen) atoms. The number of hydrogen-bond acceptors (Lipinski definition) is 1. The topological polar surface area (TPSA) is 41.1 Å². The van der Waals surface area contributed by atoms with Crippen LogP contribution >= 0.6 is 0 Å². The quantitative estimate of drug-likeness (QED) is 0.802. The summed E-state index contributed by atoms with van der Waals surface area (Å²) in [7, 11) is 0. The number of amides is 2. The molecule has 6 heteroatoms. The SMILES string of the molecule is O=C1Nc2c(cccc2C(F)(F)F)C(C2CCCC2)N1. The van der Waals surface area contributed by atoms with Crippen LogP contribution in [0.25, 0.3) is 0 Å². The summed E-state index contributed by atoms with van der Waals surface area (Å²) < 4.78 is 39.1. The maximum atomic E-state index is 13.0. The van der Waals surface area contributed by atoms with Gasteiger partial charge >= 0.3 is 12.2 Å². The number of rotatable bonds is 1. The van der Waals surface area contributed by atoms with Crippen molar-refractivity contribution in [1.82, 2.24) is 5.32 Å². The molecule has 1 aromatic rings. The summed E-state index contributed by atoms with van der Waals surface area (Å²) in [5.74, 6) is 0.225. The van der Waals surface area contributed by atoms with Gasteiger partial charge in [-0.05, 0) is 30.4 Å². The lowest BCUT2D eigenvalue weighted by atomic mass is 9.88. The zero-order valence-electron chi connectivity index (χ0n) is 10.8. The van der Waals surface area contributed by atoms with Crippen LogP contribution in [0.4, 0.5) is 23.7 Å². The molecule has 0 aromatic heterocycles. The molecule has 1 aliphatic heterocycles. The minimum atomic E-state index is -4.46. The van der Waals surface area contributed by atoms with Crippen molar-refractivity contribution in [2.45, 2.75) is 37.9 Å². The number of carbonyl (C=O) groups excluding carboxylic acids is 1. The first kappa shape index (κ1) is 13.3. The minimum Gasteiger partial charge on any atom is -0.331 e. The van der Waals surface area contributed by atoms with Gasteiger partial charge in [0.1, 0.15) is 0 Å². The molecule has 1 aliphatic carbocycles. The normalized spacial score (nSPS) is 23.1. The van der Waals surface area contributed by atoms with Crippen molar-refractivity contribution in [3.05, 3.63) is 29.3 Å². The average Bonchev–Trinajstić information content (AvgIpc) is 2.89. The lowest BCUT2D eigenvalue weighted by molar-refractivity contribution is -0.137. The highest BCUT2D eigenvalue weighted by Crippen LogP contribution is 2.44. The molecule has 3 rings (SSSR count). The number of para-hydroxylation sites is 1. The van der Waals surface area contributed by atoms with E-state index in [-0.39, 0.29) is 17.6 Å². The summed E-state index contributed by atoms with van der Waals surface area (Å²) in [6.07, 6.45) is -0.436. The summed E-state index contributed by atoms with van der Waals surface area (Å²) >= 11 is 0. The lowest BCUT2D eigenvalue weighted by Gasteiger charge is -2.32. The van der Waals surface area contributed by atoms with E-state index in [4.69, 9.17) is 0 Å². The molecule has 1 aromatic carbocycles. The molecular formula is C14H15F3N2O. The monoisotopic (exact) mass is 284 g/mol. The zero-order valence-corrected chi connectivity index (χ0v) is 10.8. The Morgan fingerprint density at radius 2 is 1.85 bits per heavy atom. The van der Waals surface area contributed by atoms with E-state index < -0.39 is 17.8 Å². The Morgan fingerprint density at radius 3 is 2.50 bits per heavy atom. The second kappa shape index (κ2) is 4.68. The van der Waals surface area contributed by atoms with Gasteiger partial charge in [-0.2, -0.15) is 13.2 Å². The first-order chi connectivity index (χ1) is 9.47. The molecule has 2 amide bonds. The highest BCUT2D eigenvalue weighted by atomic mass is 19.4. The number of halogens is 3. The zero-order chi connectivity index (χ0) is 14.3. The van der Waals surface area contributed by atoms with Gasteiger partial charge in [0.25, 0.3) is 0 Å².